The molecule has 4 nitrogen and oxygen atoms in total. The minimum absolute atomic E-state index is 0.211. The van der Waals surface area contributed by atoms with Crippen LogP contribution in [0.15, 0.2) is 53.4 Å². The third kappa shape index (κ3) is 11.7. The normalized spacial score (nSPS) is 11.9. The van der Waals surface area contributed by atoms with Crippen molar-refractivity contribution >= 4 is 27.3 Å². The number of halogens is 1. The van der Waals surface area contributed by atoms with E-state index < -0.39 is 10.0 Å². The highest BCUT2D eigenvalue weighted by Crippen LogP contribution is 2.25. The van der Waals surface area contributed by atoms with Gasteiger partial charge in [0.2, 0.25) is 10.0 Å². The molecular weight excluding hydrogens is 488 g/mol. The van der Waals surface area contributed by atoms with Gasteiger partial charge in [0.25, 0.3) is 0 Å². The number of rotatable bonds is 20. The Hall–Kier alpha value is -1.56. The Labute approximate surface area is 225 Å². The van der Waals surface area contributed by atoms with Gasteiger partial charge in [-0.3, -0.25) is 0 Å². The quantitative estimate of drug-likeness (QED) is 0.136. The van der Waals surface area contributed by atoms with Gasteiger partial charge in [-0.25, -0.2) is 8.42 Å². The van der Waals surface area contributed by atoms with E-state index in [1.165, 1.54) is 76.7 Å². The summed E-state index contributed by atoms with van der Waals surface area (Å²) in [6.45, 7) is 3.24. The van der Waals surface area contributed by atoms with Crippen LogP contribution in [0.2, 0.25) is 5.02 Å². The van der Waals surface area contributed by atoms with Crippen molar-refractivity contribution in [1.82, 2.24) is 4.31 Å². The second-order valence-electron chi connectivity index (χ2n) is 9.92. The molecule has 0 radical (unpaired) electrons. The standard InChI is InChI=1S/C30H47ClN2O2S/c1-2-3-4-5-6-7-8-9-10-11-12-13-14-18-24-33(25-23-27-19-16-15-17-20-27)36(34,35)28-21-22-29(31)30(32)26-28/h15-17,19-22,26H,2-14,18,23-25,32H2,1H3. The SMILES string of the molecule is CCCCCCCCCCCCCCCCN(CCc1ccccc1)S(=O)(=O)c1ccc(Cl)c(N)c1. The van der Waals surface area contributed by atoms with Crippen molar-refractivity contribution in [3.63, 3.8) is 0 Å². The lowest BCUT2D eigenvalue weighted by Crippen LogP contribution is -2.34. The van der Waals surface area contributed by atoms with Gasteiger partial charge in [0, 0.05) is 13.1 Å². The predicted molar refractivity (Wildman–Crippen MR) is 155 cm³/mol. The molecule has 0 aromatic heterocycles. The summed E-state index contributed by atoms with van der Waals surface area (Å²) in [7, 11) is -3.63. The van der Waals surface area contributed by atoms with Gasteiger partial charge in [0.15, 0.2) is 0 Å². The highest BCUT2D eigenvalue weighted by molar-refractivity contribution is 7.89. The van der Waals surface area contributed by atoms with Crippen LogP contribution in [0, 0.1) is 0 Å². The van der Waals surface area contributed by atoms with Crippen molar-refractivity contribution in [2.45, 2.75) is 108 Å². The maximum atomic E-state index is 13.4. The van der Waals surface area contributed by atoms with Crippen molar-refractivity contribution in [3.05, 3.63) is 59.1 Å². The number of benzene rings is 2. The summed E-state index contributed by atoms with van der Waals surface area (Å²) in [4.78, 5) is 0.211. The minimum atomic E-state index is -3.63. The summed E-state index contributed by atoms with van der Waals surface area (Å²) in [6.07, 6.45) is 18.6. The van der Waals surface area contributed by atoms with E-state index >= 15 is 0 Å². The van der Waals surface area contributed by atoms with Crippen molar-refractivity contribution in [2.24, 2.45) is 0 Å². The first kappa shape index (κ1) is 30.7. The highest BCUT2D eigenvalue weighted by atomic mass is 35.5. The Morgan fingerprint density at radius 1 is 0.722 bits per heavy atom. The first-order valence-corrected chi connectivity index (χ1v) is 15.9. The average molecular weight is 535 g/mol. The Morgan fingerprint density at radius 2 is 1.25 bits per heavy atom. The molecule has 0 bridgehead atoms. The first-order valence-electron chi connectivity index (χ1n) is 14.0. The van der Waals surface area contributed by atoms with E-state index in [1.54, 1.807) is 16.4 Å². The van der Waals surface area contributed by atoms with Crippen LogP contribution < -0.4 is 5.73 Å². The number of unbranched alkanes of at least 4 members (excludes halogenated alkanes) is 13. The molecule has 0 unspecified atom stereocenters. The van der Waals surface area contributed by atoms with Gasteiger partial charge in [-0.15, -0.1) is 0 Å². The molecule has 6 heteroatoms. The molecule has 0 aliphatic carbocycles. The lowest BCUT2D eigenvalue weighted by molar-refractivity contribution is 0.398. The molecule has 2 aromatic carbocycles. The third-order valence-electron chi connectivity index (χ3n) is 6.86. The van der Waals surface area contributed by atoms with E-state index in [9.17, 15) is 8.42 Å². The Kier molecular flexibility index (Phi) is 15.2. The summed E-state index contributed by atoms with van der Waals surface area (Å²) < 4.78 is 28.4. The molecule has 0 heterocycles. The number of hydrogen-bond acceptors (Lipinski definition) is 3. The second-order valence-corrected chi connectivity index (χ2v) is 12.3. The van der Waals surface area contributed by atoms with Gasteiger partial charge >= 0.3 is 0 Å². The fraction of sp³-hybridized carbons (Fsp3) is 0.600. The molecule has 202 valence electrons. The molecular formula is C30H47ClN2O2S. The average Bonchev–Trinajstić information content (AvgIpc) is 2.88. The van der Waals surface area contributed by atoms with E-state index in [1.807, 2.05) is 30.3 Å². The summed E-state index contributed by atoms with van der Waals surface area (Å²) >= 11 is 6.02. The van der Waals surface area contributed by atoms with Crippen LogP contribution in [0.5, 0.6) is 0 Å². The van der Waals surface area contributed by atoms with Crippen LogP contribution in [-0.4, -0.2) is 25.8 Å². The largest absolute Gasteiger partial charge is 0.397 e. The van der Waals surface area contributed by atoms with Gasteiger partial charge in [-0.05, 0) is 36.6 Å². The van der Waals surface area contributed by atoms with Crippen LogP contribution in [0.25, 0.3) is 0 Å². The molecule has 0 atom stereocenters. The molecule has 0 amide bonds. The Balaban J connectivity index is 1.73. The van der Waals surface area contributed by atoms with Crippen molar-refractivity contribution in [2.75, 3.05) is 18.8 Å². The van der Waals surface area contributed by atoms with Crippen molar-refractivity contribution in [1.29, 1.82) is 0 Å². The zero-order valence-corrected chi connectivity index (χ0v) is 23.8. The van der Waals surface area contributed by atoms with E-state index in [0.717, 1.165) is 24.8 Å². The van der Waals surface area contributed by atoms with E-state index in [0.29, 0.717) is 24.5 Å². The number of nitrogens with two attached hydrogens (primary N) is 1. The molecule has 0 spiro atoms. The number of hydrogen-bond donors (Lipinski definition) is 1. The number of sulfonamides is 1. The van der Waals surface area contributed by atoms with Gasteiger partial charge in [0.05, 0.1) is 15.6 Å². The molecule has 0 aliphatic heterocycles. The lowest BCUT2D eigenvalue weighted by Gasteiger charge is -2.23. The van der Waals surface area contributed by atoms with Crippen LogP contribution >= 0.6 is 11.6 Å². The number of anilines is 1. The van der Waals surface area contributed by atoms with Crippen LogP contribution in [0.3, 0.4) is 0 Å². The minimum Gasteiger partial charge on any atom is -0.397 e. The monoisotopic (exact) mass is 534 g/mol. The zero-order chi connectivity index (χ0) is 26.1. The summed E-state index contributed by atoms with van der Waals surface area (Å²) in [5.41, 5.74) is 7.32. The lowest BCUT2D eigenvalue weighted by atomic mass is 10.0. The number of nitrogens with zero attached hydrogens (tertiary/aromatic N) is 1. The zero-order valence-electron chi connectivity index (χ0n) is 22.3. The molecule has 0 aliphatic rings. The van der Waals surface area contributed by atoms with Gasteiger partial charge in [-0.2, -0.15) is 4.31 Å². The van der Waals surface area contributed by atoms with Crippen LogP contribution in [0.1, 0.15) is 102 Å². The van der Waals surface area contributed by atoms with E-state index in [4.69, 9.17) is 17.3 Å². The molecule has 36 heavy (non-hydrogen) atoms. The van der Waals surface area contributed by atoms with Gasteiger partial charge in [0.1, 0.15) is 0 Å². The summed E-state index contributed by atoms with van der Waals surface area (Å²) in [5.74, 6) is 0. The molecule has 2 N–H and O–H groups in total. The molecule has 0 fully saturated rings. The fourth-order valence-corrected chi connectivity index (χ4v) is 6.20. The first-order chi connectivity index (χ1) is 17.4. The second kappa shape index (κ2) is 17.8. The fourth-order valence-electron chi connectivity index (χ4n) is 4.56. The van der Waals surface area contributed by atoms with Gasteiger partial charge < -0.3 is 5.73 Å². The molecule has 2 aromatic rings. The van der Waals surface area contributed by atoms with Crippen LogP contribution in [0.4, 0.5) is 5.69 Å². The van der Waals surface area contributed by atoms with Crippen molar-refractivity contribution < 1.29 is 8.42 Å². The predicted octanol–water partition coefficient (Wildman–Crippen LogP) is 8.64. The smallest absolute Gasteiger partial charge is 0.243 e. The summed E-state index contributed by atoms with van der Waals surface area (Å²) in [5, 5.41) is 0.372. The topological polar surface area (TPSA) is 63.4 Å². The molecule has 2 rings (SSSR count). The number of nitrogen functional groups attached to an aromatic ring is 1. The Bertz CT molecular complexity index is 951. The Morgan fingerprint density at radius 3 is 1.78 bits per heavy atom. The third-order valence-corrected chi connectivity index (χ3v) is 9.10. The van der Waals surface area contributed by atoms with Crippen molar-refractivity contribution in [3.8, 4) is 0 Å². The molecule has 0 saturated heterocycles. The molecule has 0 saturated carbocycles. The maximum Gasteiger partial charge on any atom is 0.243 e. The summed E-state index contributed by atoms with van der Waals surface area (Å²) in [6, 6.07) is 14.6. The highest BCUT2D eigenvalue weighted by Gasteiger charge is 2.24. The van der Waals surface area contributed by atoms with Crippen LogP contribution in [-0.2, 0) is 16.4 Å². The van der Waals surface area contributed by atoms with E-state index in [-0.39, 0.29) is 10.6 Å². The van der Waals surface area contributed by atoms with E-state index in [2.05, 4.69) is 6.92 Å². The maximum absolute atomic E-state index is 13.4. The van der Waals surface area contributed by atoms with Gasteiger partial charge in [-0.1, -0.05) is 132 Å².